The maximum atomic E-state index is 12.7. The Morgan fingerprint density at radius 2 is 1.46 bits per heavy atom. The van der Waals surface area contributed by atoms with Gasteiger partial charge in [0.05, 0.1) is 0 Å². The molecule has 1 heterocycles. The van der Waals surface area contributed by atoms with Gasteiger partial charge in [0.1, 0.15) is 6.10 Å². The van der Waals surface area contributed by atoms with E-state index in [2.05, 4.69) is 47.9 Å². The first-order valence-electron chi connectivity index (χ1n) is 15.6. The minimum Gasteiger partial charge on any atom is -0.441 e. The van der Waals surface area contributed by atoms with Crippen molar-refractivity contribution in [2.75, 3.05) is 26.2 Å². The SMILES string of the molecule is CC1CCN(C(=O)CCCCCNC(=O)CCCCCNC(=O)OC2Cc3ccccc3CCc3ccccc32)C1. The van der Waals surface area contributed by atoms with Gasteiger partial charge in [-0.05, 0) is 73.1 Å². The lowest BCUT2D eigenvalue weighted by Gasteiger charge is -2.25. The third kappa shape index (κ3) is 9.91. The molecule has 1 saturated heterocycles. The number of hydrogen-bond acceptors (Lipinski definition) is 4. The van der Waals surface area contributed by atoms with Crippen LogP contribution in [0, 0.1) is 5.92 Å². The number of nitrogens with one attached hydrogen (secondary N) is 2. The second-order valence-electron chi connectivity index (χ2n) is 11.7. The van der Waals surface area contributed by atoms with E-state index in [9.17, 15) is 14.4 Å². The maximum absolute atomic E-state index is 12.7. The topological polar surface area (TPSA) is 87.7 Å². The molecule has 3 amide bonds. The molecule has 1 aliphatic heterocycles. The van der Waals surface area contributed by atoms with Gasteiger partial charge in [-0.15, -0.1) is 0 Å². The summed E-state index contributed by atoms with van der Waals surface area (Å²) in [4.78, 5) is 39.0. The number of benzene rings is 2. The van der Waals surface area contributed by atoms with Crippen molar-refractivity contribution in [2.24, 2.45) is 5.92 Å². The molecule has 1 aliphatic carbocycles. The predicted molar refractivity (Wildman–Crippen MR) is 162 cm³/mol. The number of alkyl carbamates (subject to hydrolysis) is 1. The van der Waals surface area contributed by atoms with Crippen LogP contribution in [0.15, 0.2) is 48.5 Å². The number of unbranched alkanes of at least 4 members (excludes halogenated alkanes) is 4. The Kier molecular flexibility index (Phi) is 12.1. The number of carbonyl (C=O) groups is 3. The molecule has 7 heteroatoms. The molecule has 0 saturated carbocycles. The van der Waals surface area contributed by atoms with Gasteiger partial charge >= 0.3 is 6.09 Å². The number of ether oxygens (including phenoxy) is 1. The van der Waals surface area contributed by atoms with Crippen molar-refractivity contribution >= 4 is 17.9 Å². The van der Waals surface area contributed by atoms with Gasteiger partial charge in [-0.1, -0.05) is 68.3 Å². The lowest BCUT2D eigenvalue weighted by Crippen LogP contribution is -2.28. The quantitative estimate of drug-likeness (QED) is 0.298. The fourth-order valence-electron chi connectivity index (χ4n) is 5.92. The van der Waals surface area contributed by atoms with Gasteiger partial charge in [0.2, 0.25) is 11.8 Å². The Hall–Kier alpha value is -3.35. The summed E-state index contributed by atoms with van der Waals surface area (Å²) in [5, 5.41) is 5.89. The molecule has 0 aromatic heterocycles. The molecule has 2 unspecified atom stereocenters. The summed E-state index contributed by atoms with van der Waals surface area (Å²) in [5.41, 5.74) is 4.88. The number of fused-ring (bicyclic) bond motifs is 2. The zero-order valence-corrected chi connectivity index (χ0v) is 24.7. The summed E-state index contributed by atoms with van der Waals surface area (Å²) in [6.45, 7) is 5.19. The molecule has 2 aromatic rings. The molecule has 2 atom stereocenters. The van der Waals surface area contributed by atoms with Gasteiger partial charge in [0, 0.05) is 45.4 Å². The van der Waals surface area contributed by atoms with Crippen LogP contribution in [0.2, 0.25) is 0 Å². The highest BCUT2D eigenvalue weighted by molar-refractivity contribution is 5.76. The van der Waals surface area contributed by atoms with Gasteiger partial charge in [-0.3, -0.25) is 9.59 Å². The predicted octanol–water partition coefficient (Wildman–Crippen LogP) is 5.90. The first-order valence-corrected chi connectivity index (χ1v) is 15.6. The summed E-state index contributed by atoms with van der Waals surface area (Å²) in [6, 6.07) is 16.7. The third-order valence-electron chi connectivity index (χ3n) is 8.35. The van der Waals surface area contributed by atoms with Crippen LogP contribution < -0.4 is 10.6 Å². The molecular formula is C34H47N3O4. The molecule has 7 nitrogen and oxygen atoms in total. The minimum atomic E-state index is -0.391. The largest absolute Gasteiger partial charge is 0.441 e. The van der Waals surface area contributed by atoms with Gasteiger partial charge in [0.15, 0.2) is 0 Å². The first-order chi connectivity index (χ1) is 20.0. The highest BCUT2D eigenvalue weighted by Crippen LogP contribution is 2.31. The van der Waals surface area contributed by atoms with E-state index in [-0.39, 0.29) is 17.9 Å². The van der Waals surface area contributed by atoms with Crippen LogP contribution in [0.5, 0.6) is 0 Å². The molecule has 0 radical (unpaired) electrons. The second kappa shape index (κ2) is 16.2. The Bertz CT molecular complexity index is 1150. The minimum absolute atomic E-state index is 0.0720. The van der Waals surface area contributed by atoms with Gasteiger partial charge in [0.25, 0.3) is 0 Å². The Morgan fingerprint density at radius 3 is 2.22 bits per heavy atom. The van der Waals surface area contributed by atoms with Gasteiger partial charge in [-0.2, -0.15) is 0 Å². The number of hydrogen-bond donors (Lipinski definition) is 2. The van der Waals surface area contributed by atoms with Crippen LogP contribution in [0.1, 0.15) is 93.1 Å². The monoisotopic (exact) mass is 561 g/mol. The summed E-state index contributed by atoms with van der Waals surface area (Å²) >= 11 is 0. The van der Waals surface area contributed by atoms with Crippen molar-refractivity contribution in [3.05, 3.63) is 70.8 Å². The molecule has 2 N–H and O–H groups in total. The Morgan fingerprint density at radius 1 is 0.805 bits per heavy atom. The first kappa shape index (κ1) is 30.6. The van der Waals surface area contributed by atoms with E-state index < -0.39 is 6.09 Å². The van der Waals surface area contributed by atoms with Crippen LogP contribution >= 0.6 is 0 Å². The third-order valence-corrected chi connectivity index (χ3v) is 8.35. The van der Waals surface area contributed by atoms with E-state index in [0.717, 1.165) is 76.4 Å². The van der Waals surface area contributed by atoms with E-state index in [1.807, 2.05) is 23.1 Å². The zero-order valence-electron chi connectivity index (χ0n) is 24.7. The fourth-order valence-corrected chi connectivity index (χ4v) is 5.92. The fraction of sp³-hybridized carbons (Fsp3) is 0.559. The highest BCUT2D eigenvalue weighted by Gasteiger charge is 2.24. The lowest BCUT2D eigenvalue weighted by atomic mass is 9.87. The number of rotatable bonds is 13. The normalized spacial score (nSPS) is 18.0. The number of likely N-dealkylation sites (tertiary alicyclic amines) is 1. The molecule has 2 aliphatic rings. The number of carbonyl (C=O) groups excluding carboxylic acids is 3. The van der Waals surface area contributed by atoms with Crippen molar-refractivity contribution in [1.29, 1.82) is 0 Å². The van der Waals surface area contributed by atoms with Crippen molar-refractivity contribution in [2.45, 2.75) is 90.1 Å². The molecule has 2 aromatic carbocycles. The smallest absolute Gasteiger partial charge is 0.407 e. The van der Waals surface area contributed by atoms with Crippen LogP contribution in [-0.4, -0.2) is 49.0 Å². The van der Waals surface area contributed by atoms with Crippen molar-refractivity contribution in [3.8, 4) is 0 Å². The summed E-state index contributed by atoms with van der Waals surface area (Å²) < 4.78 is 5.94. The second-order valence-corrected chi connectivity index (χ2v) is 11.7. The van der Waals surface area contributed by atoms with E-state index in [1.54, 1.807) is 0 Å². The van der Waals surface area contributed by atoms with E-state index >= 15 is 0 Å². The van der Waals surface area contributed by atoms with Crippen LogP contribution in [0.25, 0.3) is 0 Å². The summed E-state index contributed by atoms with van der Waals surface area (Å²) in [5.74, 6) is 0.973. The van der Waals surface area contributed by atoms with E-state index in [0.29, 0.717) is 38.3 Å². The van der Waals surface area contributed by atoms with E-state index in [1.165, 1.54) is 16.7 Å². The molecule has 0 spiro atoms. The van der Waals surface area contributed by atoms with Crippen LogP contribution in [0.4, 0.5) is 4.79 Å². The molecule has 1 fully saturated rings. The average molecular weight is 562 g/mol. The zero-order chi connectivity index (χ0) is 28.9. The Balaban J connectivity index is 1.05. The molecular weight excluding hydrogens is 514 g/mol. The standard InChI is InChI=1S/C34H47N3O4/c1-26-20-23-37(25-26)33(39)17-5-3-10-21-35-32(38)16-4-2-11-22-36-34(40)41-31-24-29-14-7-6-12-27(29)18-19-28-13-8-9-15-30(28)31/h6-9,12-15,26,31H,2-5,10-11,16-25H2,1H3,(H,35,38)(H,36,40). The number of amides is 3. The lowest BCUT2D eigenvalue weighted by molar-refractivity contribution is -0.130. The van der Waals surface area contributed by atoms with Crippen LogP contribution in [0.3, 0.4) is 0 Å². The molecule has 41 heavy (non-hydrogen) atoms. The van der Waals surface area contributed by atoms with Crippen molar-refractivity contribution < 1.29 is 19.1 Å². The van der Waals surface area contributed by atoms with Crippen molar-refractivity contribution in [3.63, 3.8) is 0 Å². The van der Waals surface area contributed by atoms with E-state index in [4.69, 9.17) is 4.74 Å². The average Bonchev–Trinajstić information content (AvgIpc) is 3.41. The van der Waals surface area contributed by atoms with Gasteiger partial charge in [-0.25, -0.2) is 4.79 Å². The maximum Gasteiger partial charge on any atom is 0.407 e. The highest BCUT2D eigenvalue weighted by atomic mass is 16.6. The van der Waals surface area contributed by atoms with Crippen LogP contribution in [-0.2, 0) is 33.6 Å². The molecule has 222 valence electrons. The van der Waals surface area contributed by atoms with Gasteiger partial charge < -0.3 is 20.3 Å². The number of nitrogens with zero attached hydrogens (tertiary/aromatic N) is 1. The molecule has 4 rings (SSSR count). The van der Waals surface area contributed by atoms with Crippen molar-refractivity contribution in [1.82, 2.24) is 15.5 Å². The number of aryl methyl sites for hydroxylation is 2. The summed E-state index contributed by atoms with van der Waals surface area (Å²) in [6.07, 6.45) is 9.31. The Labute approximate surface area is 245 Å². The summed E-state index contributed by atoms with van der Waals surface area (Å²) in [7, 11) is 0. The molecule has 0 bridgehead atoms.